The van der Waals surface area contributed by atoms with Gasteiger partial charge in [-0.2, -0.15) is 0 Å². The average Bonchev–Trinajstić information content (AvgIpc) is 3.25. The number of pyridine rings is 1. The summed E-state index contributed by atoms with van der Waals surface area (Å²) in [6.45, 7) is 6.44. The molecule has 240 valence electrons. The minimum absolute atomic E-state index is 0. The number of ketones is 1. The van der Waals surface area contributed by atoms with Crippen LogP contribution in [0.25, 0.3) is 0 Å². The number of rotatable bonds is 8. The van der Waals surface area contributed by atoms with Crippen LogP contribution in [0.15, 0.2) is 48.2 Å². The van der Waals surface area contributed by atoms with E-state index in [2.05, 4.69) is 24.9 Å². The number of fused-ring (bicyclic) bond motifs is 5. The summed E-state index contributed by atoms with van der Waals surface area (Å²) in [4.78, 5) is 41.0. The molecule has 0 spiro atoms. The maximum absolute atomic E-state index is 12.4. The molecule has 2 N–H and O–H groups in total. The first-order chi connectivity index (χ1) is 19.1. The van der Waals surface area contributed by atoms with E-state index in [0.29, 0.717) is 36.5 Å². The van der Waals surface area contributed by atoms with Crippen molar-refractivity contribution < 1.29 is 69.7 Å². The Morgan fingerprint density at radius 3 is 2.58 bits per heavy atom. The number of nitrogens with two attached hydrogens (primary N) is 1. The second-order valence-corrected chi connectivity index (χ2v) is 13.0. The molecule has 4 aliphatic rings. The van der Waals surface area contributed by atoms with Crippen molar-refractivity contribution in [2.24, 2.45) is 40.2 Å². The third kappa shape index (κ3) is 7.83. The quantitative estimate of drug-likeness (QED) is 0.269. The molecule has 0 radical (unpaired) electrons. The van der Waals surface area contributed by atoms with Gasteiger partial charge in [0.15, 0.2) is 5.78 Å². The molecule has 3 fully saturated rings. The molecule has 0 amide bonds. The number of hydrogen-bond acceptors (Lipinski definition) is 7. The Hall–Kier alpha value is -1.53. The monoisotopic (exact) mass is 813 g/mol. The minimum atomic E-state index is -0.747. The van der Waals surface area contributed by atoms with E-state index >= 15 is 0 Å². The van der Waals surface area contributed by atoms with Crippen LogP contribution in [0.4, 0.5) is 0 Å². The number of nitrogens with zero attached hydrogens (tertiary/aromatic N) is 1. The van der Waals surface area contributed by atoms with Crippen LogP contribution in [0.1, 0.15) is 77.8 Å². The third-order valence-corrected chi connectivity index (χ3v) is 10.7. The van der Waals surface area contributed by atoms with Crippen molar-refractivity contribution in [3.63, 3.8) is 0 Å². The zero-order valence-electron chi connectivity index (χ0n) is 25.2. The van der Waals surface area contributed by atoms with Gasteiger partial charge in [0, 0.05) is 37.1 Å². The summed E-state index contributed by atoms with van der Waals surface area (Å²) in [5.41, 5.74) is 8.19. The Balaban J connectivity index is 0.00000215. The number of esters is 2. The second-order valence-electron chi connectivity index (χ2n) is 13.0. The topological polar surface area (TPSA) is 109 Å². The molecule has 3 unspecified atom stereocenters. The van der Waals surface area contributed by atoms with Crippen molar-refractivity contribution in [1.82, 2.24) is 4.98 Å². The summed E-state index contributed by atoms with van der Waals surface area (Å²) in [7, 11) is 0. The molecule has 10 heteroatoms. The van der Waals surface area contributed by atoms with E-state index in [9.17, 15) is 14.4 Å². The van der Waals surface area contributed by atoms with Gasteiger partial charge in [0.25, 0.3) is 0 Å². The third-order valence-electron chi connectivity index (χ3n) is 10.7. The Morgan fingerprint density at radius 2 is 1.88 bits per heavy atom. The predicted octanol–water partition coefficient (Wildman–Crippen LogP) is -0.864. The molecule has 0 bridgehead atoms. The molecule has 3 saturated carbocycles. The molecule has 0 saturated heterocycles. The second kappa shape index (κ2) is 15.6. The fourth-order valence-corrected chi connectivity index (χ4v) is 8.69. The van der Waals surface area contributed by atoms with Crippen LogP contribution in [-0.4, -0.2) is 41.5 Å². The summed E-state index contributed by atoms with van der Waals surface area (Å²) in [6, 6.07) is 4.80. The first-order valence-electron chi connectivity index (χ1n) is 15.0. The van der Waals surface area contributed by atoms with Gasteiger partial charge in [0.1, 0.15) is 18.8 Å². The Kier molecular flexibility index (Phi) is 13.7. The molecule has 7 nitrogen and oxygen atoms in total. The van der Waals surface area contributed by atoms with Crippen LogP contribution in [0.5, 0.6) is 0 Å². The van der Waals surface area contributed by atoms with E-state index in [1.807, 2.05) is 30.4 Å². The summed E-state index contributed by atoms with van der Waals surface area (Å²) < 4.78 is 11.3. The maximum atomic E-state index is 12.4. The van der Waals surface area contributed by atoms with Crippen molar-refractivity contribution in [3.8, 4) is 0 Å². The number of hydrogen-bond donors (Lipinski definition) is 1. The summed E-state index contributed by atoms with van der Waals surface area (Å²) in [5.74, 6) is 1.56. The fourth-order valence-electron chi connectivity index (χ4n) is 8.69. The molecule has 8 atom stereocenters. The first kappa shape index (κ1) is 37.7. The summed E-state index contributed by atoms with van der Waals surface area (Å²) >= 11 is 0. The number of aromatic nitrogens is 1. The van der Waals surface area contributed by atoms with Crippen molar-refractivity contribution in [3.05, 3.63) is 53.9 Å². The van der Waals surface area contributed by atoms with E-state index in [1.165, 1.54) is 12.5 Å². The van der Waals surface area contributed by atoms with Crippen LogP contribution in [-0.2, 0) is 51.3 Å². The van der Waals surface area contributed by atoms with Gasteiger partial charge in [-0.25, -0.2) is 0 Å². The molecule has 5 rings (SSSR count). The van der Waals surface area contributed by atoms with E-state index < -0.39 is 12.0 Å². The molecule has 4 aliphatic carbocycles. The van der Waals surface area contributed by atoms with E-state index in [0.717, 1.165) is 50.6 Å². The molecule has 1 aromatic rings. The summed E-state index contributed by atoms with van der Waals surface area (Å²) in [6.07, 6.45) is 15.6. The van der Waals surface area contributed by atoms with Gasteiger partial charge in [0.05, 0.1) is 0 Å². The SMILES string of the molecule is CC(=O)O[C@H]1CCC2C3C(CC[C@@]21C)[C@@]1(C)CCC(=O)C=C1C[C@H]3C/C=C/COC(=O)[C@H](N)Cc1ccccn1.[Cl-].[Cl-].[Pt+2]. The number of allylic oxidation sites excluding steroid dienone is 2. The van der Waals surface area contributed by atoms with Crippen molar-refractivity contribution in [1.29, 1.82) is 0 Å². The van der Waals surface area contributed by atoms with Gasteiger partial charge < -0.3 is 40.0 Å². The molecule has 1 heterocycles. The van der Waals surface area contributed by atoms with Gasteiger partial charge in [0.2, 0.25) is 0 Å². The number of ether oxygens (including phenoxy) is 2. The van der Waals surface area contributed by atoms with Crippen molar-refractivity contribution >= 4 is 17.7 Å². The van der Waals surface area contributed by atoms with Crippen molar-refractivity contribution in [2.75, 3.05) is 6.61 Å². The average molecular weight is 815 g/mol. The van der Waals surface area contributed by atoms with E-state index in [1.54, 1.807) is 6.20 Å². The van der Waals surface area contributed by atoms with Gasteiger partial charge in [-0.1, -0.05) is 37.6 Å². The number of carbonyl (C=O) groups excluding carboxylic acids is 3. The van der Waals surface area contributed by atoms with Gasteiger partial charge in [-0.3, -0.25) is 19.4 Å². The van der Waals surface area contributed by atoms with Crippen LogP contribution in [0.2, 0.25) is 0 Å². The smallest absolute Gasteiger partial charge is 1.00 e. The van der Waals surface area contributed by atoms with Gasteiger partial charge >= 0.3 is 33.0 Å². The molecule has 1 aromatic heterocycles. The Labute approximate surface area is 282 Å². The van der Waals surface area contributed by atoms with Gasteiger partial charge in [-0.05, 0) is 92.2 Å². The molecule has 43 heavy (non-hydrogen) atoms. The number of halogens is 2. The fraction of sp³-hybridized carbons (Fsp3) is 0.636. The molecular weight excluding hydrogens is 770 g/mol. The normalized spacial score (nSPS) is 33.3. The molecular formula is C33H44Cl2N2O5Pt. The first-order valence-corrected chi connectivity index (χ1v) is 15.0. The Morgan fingerprint density at radius 1 is 1.12 bits per heavy atom. The predicted molar refractivity (Wildman–Crippen MR) is 152 cm³/mol. The van der Waals surface area contributed by atoms with Crippen LogP contribution < -0.4 is 30.5 Å². The molecule has 0 aromatic carbocycles. The van der Waals surface area contributed by atoms with E-state index in [4.69, 9.17) is 15.2 Å². The molecule has 0 aliphatic heterocycles. The zero-order valence-corrected chi connectivity index (χ0v) is 29.0. The van der Waals surface area contributed by atoms with E-state index in [-0.39, 0.29) is 81.2 Å². The van der Waals surface area contributed by atoms with Crippen LogP contribution in [0, 0.1) is 34.5 Å². The maximum Gasteiger partial charge on any atom is 2.00 e. The largest absolute Gasteiger partial charge is 2.00 e. The standard InChI is InChI=1S/C33H44N2O5.2ClH.Pt/c1-21(36)40-29-11-10-26-30-22(8-5-7-17-39-31(38)28(34)20-24-9-4-6-16-35-24)18-23-19-25(37)12-14-32(23,2)27(30)13-15-33(26,29)3;;;/h4-7,9,16,19,22,26-30H,8,10-15,17-18,20,34H2,1-3H3;2*1H;/q;;;+2/p-2/b7-5+;;;/t22-,26?,27?,28-,29+,30?,32+,33+;;;/m1.../s1. The number of carbonyl (C=O) groups is 3. The van der Waals surface area contributed by atoms with Crippen LogP contribution in [0.3, 0.4) is 0 Å². The van der Waals surface area contributed by atoms with Crippen molar-refractivity contribution in [2.45, 2.75) is 90.7 Å². The minimum Gasteiger partial charge on any atom is -1.00 e. The Bertz CT molecular complexity index is 1200. The zero-order chi connectivity index (χ0) is 28.5. The van der Waals surface area contributed by atoms with Gasteiger partial charge in [-0.15, -0.1) is 0 Å². The van der Waals surface area contributed by atoms with Crippen LogP contribution >= 0.6 is 0 Å². The summed E-state index contributed by atoms with van der Waals surface area (Å²) in [5, 5.41) is 0.